The van der Waals surface area contributed by atoms with E-state index in [1.165, 1.54) is 12.8 Å². The van der Waals surface area contributed by atoms with Crippen LogP contribution in [0.25, 0.3) is 0 Å². The summed E-state index contributed by atoms with van der Waals surface area (Å²) in [6.45, 7) is 2.08. The lowest BCUT2D eigenvalue weighted by atomic mass is 10.0. The summed E-state index contributed by atoms with van der Waals surface area (Å²) in [5.41, 5.74) is 0. The molecule has 7 heteroatoms. The molecule has 1 aliphatic heterocycles. The van der Waals surface area contributed by atoms with Gasteiger partial charge in [0, 0.05) is 26.3 Å². The number of carboxylic acids is 1. The average molecular weight is 301 g/mol. The molecule has 0 aromatic rings. The summed E-state index contributed by atoms with van der Waals surface area (Å²) in [5, 5.41) is 14.4. The van der Waals surface area contributed by atoms with Crippen LogP contribution in [0, 0.1) is 0 Å². The molecule has 0 aromatic heterocycles. The SMILES string of the molecule is COCCCC(NC(=O)NCC1CCCCN1C)C(=O)O. The van der Waals surface area contributed by atoms with Crippen molar-refractivity contribution in [1.82, 2.24) is 15.5 Å². The number of nitrogens with zero attached hydrogens (tertiary/aromatic N) is 1. The fraction of sp³-hybridized carbons (Fsp3) is 0.857. The molecule has 1 rings (SSSR count). The molecule has 1 fully saturated rings. The van der Waals surface area contributed by atoms with Crippen molar-refractivity contribution >= 4 is 12.0 Å². The maximum Gasteiger partial charge on any atom is 0.326 e. The van der Waals surface area contributed by atoms with E-state index >= 15 is 0 Å². The number of nitrogens with one attached hydrogen (secondary N) is 2. The Labute approximate surface area is 126 Å². The zero-order valence-corrected chi connectivity index (χ0v) is 12.9. The van der Waals surface area contributed by atoms with Crippen LogP contribution in [0.1, 0.15) is 32.1 Å². The molecule has 7 nitrogen and oxygen atoms in total. The predicted octanol–water partition coefficient (Wildman–Crippen LogP) is 0.650. The van der Waals surface area contributed by atoms with Gasteiger partial charge in [-0.05, 0) is 39.3 Å². The molecule has 0 radical (unpaired) electrons. The first-order valence-corrected chi connectivity index (χ1v) is 7.51. The molecule has 21 heavy (non-hydrogen) atoms. The standard InChI is InChI=1S/C14H27N3O4/c1-17-8-4-3-6-11(17)10-15-14(20)16-12(13(18)19)7-5-9-21-2/h11-12H,3-10H2,1-2H3,(H,18,19)(H2,15,16,20). The van der Waals surface area contributed by atoms with Gasteiger partial charge < -0.3 is 25.4 Å². The van der Waals surface area contributed by atoms with E-state index in [9.17, 15) is 9.59 Å². The number of carboxylic acid groups (broad SMARTS) is 1. The Kier molecular flexibility index (Phi) is 8.07. The van der Waals surface area contributed by atoms with Crippen LogP contribution >= 0.6 is 0 Å². The van der Waals surface area contributed by atoms with Crippen molar-refractivity contribution in [3.05, 3.63) is 0 Å². The van der Waals surface area contributed by atoms with Crippen LogP contribution in [0.5, 0.6) is 0 Å². The van der Waals surface area contributed by atoms with Gasteiger partial charge in [0.15, 0.2) is 0 Å². The lowest BCUT2D eigenvalue weighted by Gasteiger charge is -2.32. The molecule has 0 spiro atoms. The Balaban J connectivity index is 2.30. The van der Waals surface area contributed by atoms with Crippen LogP contribution < -0.4 is 10.6 Å². The van der Waals surface area contributed by atoms with E-state index in [4.69, 9.17) is 9.84 Å². The maximum atomic E-state index is 11.8. The zero-order chi connectivity index (χ0) is 15.7. The molecule has 1 heterocycles. The molecule has 0 saturated carbocycles. The quantitative estimate of drug-likeness (QED) is 0.573. The molecule has 0 bridgehead atoms. The molecule has 0 aliphatic carbocycles. The number of carbonyl (C=O) groups is 2. The summed E-state index contributed by atoms with van der Waals surface area (Å²) in [5.74, 6) is -1.02. The van der Waals surface area contributed by atoms with Crippen molar-refractivity contribution in [3.63, 3.8) is 0 Å². The van der Waals surface area contributed by atoms with Gasteiger partial charge in [-0.1, -0.05) is 6.42 Å². The van der Waals surface area contributed by atoms with Crippen LogP contribution in [-0.2, 0) is 9.53 Å². The highest BCUT2D eigenvalue weighted by molar-refractivity contribution is 5.82. The lowest BCUT2D eigenvalue weighted by Crippen LogP contribution is -2.50. The van der Waals surface area contributed by atoms with Crippen molar-refractivity contribution in [3.8, 4) is 0 Å². The number of urea groups is 1. The highest BCUT2D eigenvalue weighted by Crippen LogP contribution is 2.13. The third-order valence-electron chi connectivity index (χ3n) is 3.86. The van der Waals surface area contributed by atoms with Crippen molar-refractivity contribution in [2.75, 3.05) is 33.9 Å². The molecule has 3 N–H and O–H groups in total. The second kappa shape index (κ2) is 9.57. The minimum Gasteiger partial charge on any atom is -0.480 e. The van der Waals surface area contributed by atoms with Crippen LogP contribution in [-0.4, -0.2) is 67.9 Å². The fourth-order valence-electron chi connectivity index (χ4n) is 2.51. The number of amides is 2. The Morgan fingerprint density at radius 3 is 2.81 bits per heavy atom. The van der Waals surface area contributed by atoms with Gasteiger partial charge in [0.1, 0.15) is 6.04 Å². The second-order valence-corrected chi connectivity index (χ2v) is 5.51. The number of aliphatic carboxylic acids is 1. The first kappa shape index (κ1) is 17.7. The van der Waals surface area contributed by atoms with Gasteiger partial charge >= 0.3 is 12.0 Å². The number of hydrogen-bond donors (Lipinski definition) is 3. The summed E-state index contributed by atoms with van der Waals surface area (Å²) in [4.78, 5) is 25.1. The number of piperidine rings is 1. The third-order valence-corrected chi connectivity index (χ3v) is 3.86. The number of rotatable bonds is 8. The van der Waals surface area contributed by atoms with Gasteiger partial charge in [-0.2, -0.15) is 0 Å². The third kappa shape index (κ3) is 6.77. The topological polar surface area (TPSA) is 90.9 Å². The Morgan fingerprint density at radius 1 is 1.43 bits per heavy atom. The molecular formula is C14H27N3O4. The van der Waals surface area contributed by atoms with Crippen molar-refractivity contribution in [2.45, 2.75) is 44.2 Å². The fourth-order valence-corrected chi connectivity index (χ4v) is 2.51. The van der Waals surface area contributed by atoms with Crippen LogP contribution in [0.2, 0.25) is 0 Å². The number of likely N-dealkylation sites (N-methyl/N-ethyl adjacent to an activating group) is 1. The molecule has 122 valence electrons. The van der Waals surface area contributed by atoms with Gasteiger partial charge in [0.2, 0.25) is 0 Å². The number of ether oxygens (including phenoxy) is 1. The summed E-state index contributed by atoms with van der Waals surface area (Å²) in [6, 6.07) is -0.954. The lowest BCUT2D eigenvalue weighted by molar-refractivity contribution is -0.139. The summed E-state index contributed by atoms with van der Waals surface area (Å²) in [6.07, 6.45) is 4.39. The molecular weight excluding hydrogens is 274 g/mol. The zero-order valence-electron chi connectivity index (χ0n) is 12.9. The van der Waals surface area contributed by atoms with Crippen molar-refractivity contribution in [1.29, 1.82) is 0 Å². The molecule has 1 aliphatic rings. The molecule has 1 saturated heterocycles. The molecule has 0 aromatic carbocycles. The van der Waals surface area contributed by atoms with Crippen LogP contribution in [0.15, 0.2) is 0 Å². The molecule has 2 atom stereocenters. The predicted molar refractivity (Wildman–Crippen MR) is 79.3 cm³/mol. The van der Waals surface area contributed by atoms with Crippen LogP contribution in [0.4, 0.5) is 4.79 Å². The highest BCUT2D eigenvalue weighted by atomic mass is 16.5. The highest BCUT2D eigenvalue weighted by Gasteiger charge is 2.22. The Bertz CT molecular complexity index is 338. The van der Waals surface area contributed by atoms with E-state index < -0.39 is 18.0 Å². The number of carbonyl (C=O) groups excluding carboxylic acids is 1. The number of likely N-dealkylation sites (tertiary alicyclic amines) is 1. The van der Waals surface area contributed by atoms with Gasteiger partial charge in [-0.25, -0.2) is 9.59 Å². The van der Waals surface area contributed by atoms with E-state index in [1.807, 2.05) is 7.05 Å². The average Bonchev–Trinajstić information content (AvgIpc) is 2.45. The van der Waals surface area contributed by atoms with Gasteiger partial charge in [-0.3, -0.25) is 0 Å². The molecule has 2 unspecified atom stereocenters. The second-order valence-electron chi connectivity index (χ2n) is 5.51. The van der Waals surface area contributed by atoms with E-state index in [-0.39, 0.29) is 0 Å². The smallest absolute Gasteiger partial charge is 0.326 e. The monoisotopic (exact) mass is 301 g/mol. The number of hydrogen-bond acceptors (Lipinski definition) is 4. The maximum absolute atomic E-state index is 11.8. The van der Waals surface area contributed by atoms with Gasteiger partial charge in [0.05, 0.1) is 0 Å². The largest absolute Gasteiger partial charge is 0.480 e. The first-order valence-electron chi connectivity index (χ1n) is 7.51. The van der Waals surface area contributed by atoms with Crippen LogP contribution in [0.3, 0.4) is 0 Å². The van der Waals surface area contributed by atoms with Crippen molar-refractivity contribution < 1.29 is 19.4 Å². The Hall–Kier alpha value is -1.34. The van der Waals surface area contributed by atoms with Crippen molar-refractivity contribution in [2.24, 2.45) is 0 Å². The summed E-state index contributed by atoms with van der Waals surface area (Å²) in [7, 11) is 3.62. The Morgan fingerprint density at radius 2 is 2.19 bits per heavy atom. The summed E-state index contributed by atoms with van der Waals surface area (Å²) >= 11 is 0. The number of methoxy groups -OCH3 is 1. The van der Waals surface area contributed by atoms with E-state index in [2.05, 4.69) is 15.5 Å². The van der Waals surface area contributed by atoms with E-state index in [0.717, 1.165) is 13.0 Å². The minimum atomic E-state index is -1.02. The van der Waals surface area contributed by atoms with Gasteiger partial charge in [-0.15, -0.1) is 0 Å². The van der Waals surface area contributed by atoms with E-state index in [1.54, 1.807) is 7.11 Å². The molecule has 2 amide bonds. The normalized spacial score (nSPS) is 20.8. The minimum absolute atomic E-state index is 0.335. The summed E-state index contributed by atoms with van der Waals surface area (Å²) < 4.78 is 4.89. The van der Waals surface area contributed by atoms with E-state index in [0.29, 0.717) is 32.0 Å². The first-order chi connectivity index (χ1) is 10.0. The van der Waals surface area contributed by atoms with Gasteiger partial charge in [0.25, 0.3) is 0 Å².